The lowest BCUT2D eigenvalue weighted by Gasteiger charge is -2.40. The Morgan fingerprint density at radius 3 is 2.48 bits per heavy atom. The Morgan fingerprint density at radius 2 is 1.76 bits per heavy atom. The summed E-state index contributed by atoms with van der Waals surface area (Å²) < 4.78 is 10.7. The number of urea groups is 1. The number of imide groups is 1. The summed E-state index contributed by atoms with van der Waals surface area (Å²) in [5.41, 5.74) is 1.08. The first-order valence-electron chi connectivity index (χ1n) is 11.4. The topological polar surface area (TPSA) is 97.0 Å². The lowest BCUT2D eigenvalue weighted by atomic mass is 9.74. The van der Waals surface area contributed by atoms with Crippen molar-refractivity contribution in [2.75, 3.05) is 19.9 Å². The van der Waals surface area contributed by atoms with E-state index in [1.165, 1.54) is 0 Å². The highest BCUT2D eigenvalue weighted by atomic mass is 16.7. The minimum Gasteiger partial charge on any atom is -0.454 e. The summed E-state index contributed by atoms with van der Waals surface area (Å²) >= 11 is 0. The van der Waals surface area contributed by atoms with Gasteiger partial charge in [0, 0.05) is 13.1 Å². The molecule has 33 heavy (non-hydrogen) atoms. The Morgan fingerprint density at radius 1 is 1.00 bits per heavy atom. The van der Waals surface area contributed by atoms with Crippen LogP contribution in [0.5, 0.6) is 11.5 Å². The number of likely N-dealkylation sites (tertiary alicyclic amines) is 1. The van der Waals surface area contributed by atoms with E-state index in [-0.39, 0.29) is 30.9 Å². The monoisotopic (exact) mass is 449 g/mol. The van der Waals surface area contributed by atoms with Crippen molar-refractivity contribution < 1.29 is 23.9 Å². The standard InChI is InChI=1S/C25H27N3O5/c29-22(15-18-6-7-20-21(14-18)33-16-32-20)28-12-9-19(10-13-28)25(23(30)26-24(31)27-25)11-8-17-4-2-1-3-5-17/h1-7,14,19H,8-13,15-16H2,(H2,26,27,30,31)/t25-/m0/s1. The van der Waals surface area contributed by atoms with Crippen LogP contribution < -0.4 is 20.1 Å². The fourth-order valence-electron chi connectivity index (χ4n) is 5.12. The highest BCUT2D eigenvalue weighted by molar-refractivity contribution is 6.07. The second-order valence-electron chi connectivity index (χ2n) is 8.88. The van der Waals surface area contributed by atoms with Crippen LogP contribution in [0, 0.1) is 5.92 Å². The van der Waals surface area contributed by atoms with Crippen LogP contribution in [-0.2, 0) is 22.4 Å². The van der Waals surface area contributed by atoms with E-state index < -0.39 is 11.6 Å². The number of ether oxygens (including phenoxy) is 2. The maximum atomic E-state index is 12.9. The lowest BCUT2D eigenvalue weighted by molar-refractivity contribution is -0.133. The molecule has 2 fully saturated rings. The van der Waals surface area contributed by atoms with Crippen molar-refractivity contribution >= 4 is 17.8 Å². The van der Waals surface area contributed by atoms with E-state index in [1.807, 2.05) is 53.4 Å². The average Bonchev–Trinajstić information content (AvgIpc) is 3.42. The second kappa shape index (κ2) is 8.77. The van der Waals surface area contributed by atoms with Gasteiger partial charge in [-0.15, -0.1) is 0 Å². The summed E-state index contributed by atoms with van der Waals surface area (Å²) in [6, 6.07) is 15.1. The summed E-state index contributed by atoms with van der Waals surface area (Å²) in [6.45, 7) is 1.32. The summed E-state index contributed by atoms with van der Waals surface area (Å²) in [7, 11) is 0. The minimum absolute atomic E-state index is 0.0257. The molecular formula is C25H27N3O5. The summed E-state index contributed by atoms with van der Waals surface area (Å²) in [5, 5.41) is 5.37. The molecule has 5 rings (SSSR count). The fraction of sp³-hybridized carbons (Fsp3) is 0.400. The third kappa shape index (κ3) is 4.25. The molecule has 0 saturated carbocycles. The zero-order valence-electron chi connectivity index (χ0n) is 18.3. The van der Waals surface area contributed by atoms with Gasteiger partial charge in [0.15, 0.2) is 11.5 Å². The van der Waals surface area contributed by atoms with Crippen LogP contribution in [0.4, 0.5) is 4.79 Å². The van der Waals surface area contributed by atoms with Gasteiger partial charge in [-0.05, 0) is 54.9 Å². The predicted molar refractivity (Wildman–Crippen MR) is 120 cm³/mol. The Labute approximate surface area is 192 Å². The number of piperidine rings is 1. The highest BCUT2D eigenvalue weighted by Gasteiger charge is 2.51. The molecule has 172 valence electrons. The molecular weight excluding hydrogens is 422 g/mol. The predicted octanol–water partition coefficient (Wildman–Crippen LogP) is 2.41. The number of hydrogen-bond donors (Lipinski definition) is 2. The maximum Gasteiger partial charge on any atom is 0.322 e. The Bertz CT molecular complexity index is 1060. The molecule has 0 aromatic heterocycles. The van der Waals surface area contributed by atoms with Gasteiger partial charge >= 0.3 is 6.03 Å². The minimum atomic E-state index is -0.931. The maximum absolute atomic E-state index is 12.9. The quantitative estimate of drug-likeness (QED) is 0.661. The number of carbonyl (C=O) groups excluding carboxylic acids is 3. The van der Waals surface area contributed by atoms with Crippen LogP contribution in [0.2, 0.25) is 0 Å². The number of nitrogens with zero attached hydrogens (tertiary/aromatic N) is 1. The van der Waals surface area contributed by atoms with Crippen molar-refractivity contribution in [3.8, 4) is 11.5 Å². The van der Waals surface area contributed by atoms with Crippen LogP contribution in [0.25, 0.3) is 0 Å². The molecule has 2 aromatic rings. The molecule has 3 heterocycles. The third-order valence-electron chi connectivity index (χ3n) is 6.96. The highest BCUT2D eigenvalue weighted by Crippen LogP contribution is 2.35. The number of aryl methyl sites for hydroxylation is 1. The van der Waals surface area contributed by atoms with Crippen molar-refractivity contribution in [1.29, 1.82) is 0 Å². The molecule has 0 aliphatic carbocycles. The van der Waals surface area contributed by atoms with Crippen molar-refractivity contribution in [3.63, 3.8) is 0 Å². The molecule has 8 heteroatoms. The van der Waals surface area contributed by atoms with Gasteiger partial charge in [0.1, 0.15) is 5.54 Å². The van der Waals surface area contributed by atoms with Gasteiger partial charge in [0.2, 0.25) is 12.7 Å². The second-order valence-corrected chi connectivity index (χ2v) is 8.88. The fourth-order valence-corrected chi connectivity index (χ4v) is 5.12. The van der Waals surface area contributed by atoms with Crippen LogP contribution in [-0.4, -0.2) is 48.2 Å². The van der Waals surface area contributed by atoms with E-state index in [9.17, 15) is 14.4 Å². The van der Waals surface area contributed by atoms with Crippen molar-refractivity contribution in [3.05, 3.63) is 59.7 Å². The van der Waals surface area contributed by atoms with Crippen LogP contribution in [0.15, 0.2) is 48.5 Å². The van der Waals surface area contributed by atoms with Crippen LogP contribution >= 0.6 is 0 Å². The lowest BCUT2D eigenvalue weighted by Crippen LogP contribution is -2.56. The van der Waals surface area contributed by atoms with Gasteiger partial charge in [0.25, 0.3) is 5.91 Å². The zero-order valence-corrected chi connectivity index (χ0v) is 18.3. The van der Waals surface area contributed by atoms with Gasteiger partial charge in [-0.25, -0.2) is 4.79 Å². The molecule has 0 bridgehead atoms. The number of hydrogen-bond acceptors (Lipinski definition) is 5. The molecule has 2 aromatic carbocycles. The first kappa shape index (κ1) is 21.3. The van der Waals surface area contributed by atoms with E-state index in [0.717, 1.165) is 11.1 Å². The van der Waals surface area contributed by atoms with E-state index in [1.54, 1.807) is 0 Å². The number of amides is 4. The summed E-state index contributed by atoms with van der Waals surface area (Å²) in [5.74, 6) is 1.13. The molecule has 8 nitrogen and oxygen atoms in total. The number of rotatable bonds is 6. The zero-order chi connectivity index (χ0) is 22.8. The molecule has 0 radical (unpaired) electrons. The molecule has 1 atom stereocenters. The largest absolute Gasteiger partial charge is 0.454 e. The van der Waals surface area contributed by atoms with E-state index >= 15 is 0 Å². The van der Waals surface area contributed by atoms with E-state index in [2.05, 4.69) is 10.6 Å². The Kier molecular flexibility index (Phi) is 5.66. The molecule has 2 saturated heterocycles. The number of fused-ring (bicyclic) bond motifs is 1. The Balaban J connectivity index is 1.22. The molecule has 0 unspecified atom stereocenters. The molecule has 0 spiro atoms. The number of carbonyl (C=O) groups is 3. The van der Waals surface area contributed by atoms with Crippen LogP contribution in [0.1, 0.15) is 30.4 Å². The first-order valence-corrected chi connectivity index (χ1v) is 11.4. The van der Waals surface area contributed by atoms with Crippen molar-refractivity contribution in [2.45, 2.75) is 37.6 Å². The smallest absolute Gasteiger partial charge is 0.322 e. The van der Waals surface area contributed by atoms with Crippen molar-refractivity contribution in [1.82, 2.24) is 15.5 Å². The van der Waals surface area contributed by atoms with Crippen LogP contribution in [0.3, 0.4) is 0 Å². The first-order chi connectivity index (χ1) is 16.0. The van der Waals surface area contributed by atoms with Gasteiger partial charge in [-0.1, -0.05) is 36.4 Å². The third-order valence-corrected chi connectivity index (χ3v) is 6.96. The number of nitrogens with one attached hydrogen (secondary N) is 2. The average molecular weight is 450 g/mol. The Hall–Kier alpha value is -3.55. The summed E-state index contributed by atoms with van der Waals surface area (Å²) in [6.07, 6.45) is 2.84. The SMILES string of the molecule is O=C1NC(=O)[C@](CCc2ccccc2)(C2CCN(C(=O)Cc3ccc4c(c3)OCO4)CC2)N1. The molecule has 3 aliphatic heterocycles. The normalized spacial score (nSPS) is 22.2. The van der Waals surface area contributed by atoms with Crippen molar-refractivity contribution in [2.24, 2.45) is 5.92 Å². The van der Waals surface area contributed by atoms with Gasteiger partial charge in [0.05, 0.1) is 6.42 Å². The van der Waals surface area contributed by atoms with Gasteiger partial charge in [-0.3, -0.25) is 14.9 Å². The van der Waals surface area contributed by atoms with E-state index in [4.69, 9.17) is 9.47 Å². The molecule has 2 N–H and O–H groups in total. The summed E-state index contributed by atoms with van der Waals surface area (Å²) in [4.78, 5) is 39.7. The number of benzene rings is 2. The van der Waals surface area contributed by atoms with Gasteiger partial charge < -0.3 is 19.7 Å². The van der Waals surface area contributed by atoms with E-state index in [0.29, 0.717) is 50.3 Å². The molecule has 3 aliphatic rings. The van der Waals surface area contributed by atoms with Gasteiger partial charge in [-0.2, -0.15) is 0 Å². The molecule has 4 amide bonds.